The summed E-state index contributed by atoms with van der Waals surface area (Å²) in [5.41, 5.74) is 3.44. The zero-order chi connectivity index (χ0) is 20.1. The number of ether oxygens (including phenoxy) is 1. The highest BCUT2D eigenvalue weighted by molar-refractivity contribution is 5.63. The van der Waals surface area contributed by atoms with E-state index >= 15 is 0 Å². The molecule has 0 radical (unpaired) electrons. The maximum absolute atomic E-state index is 5.46. The molecular formula is C23H28N4O2. The zero-order valence-electron chi connectivity index (χ0n) is 17.2. The first-order chi connectivity index (χ1) is 14.2. The molecule has 0 atom stereocenters. The topological polar surface area (TPSA) is 54.6 Å². The summed E-state index contributed by atoms with van der Waals surface area (Å²) in [6.07, 6.45) is 3.95. The lowest BCUT2D eigenvalue weighted by Gasteiger charge is -2.29. The first kappa shape index (κ1) is 19.5. The van der Waals surface area contributed by atoms with Crippen LogP contribution in [-0.2, 0) is 13.1 Å². The van der Waals surface area contributed by atoms with Crippen LogP contribution in [0, 0.1) is 0 Å². The van der Waals surface area contributed by atoms with Crippen molar-refractivity contribution in [3.05, 3.63) is 60.0 Å². The van der Waals surface area contributed by atoms with Gasteiger partial charge in [-0.05, 0) is 56.1 Å². The van der Waals surface area contributed by atoms with Gasteiger partial charge in [0.1, 0.15) is 5.75 Å². The van der Waals surface area contributed by atoms with E-state index in [9.17, 15) is 0 Å². The average Bonchev–Trinajstić information content (AvgIpc) is 3.23. The highest BCUT2D eigenvalue weighted by atomic mass is 16.5. The molecule has 2 heterocycles. The maximum Gasteiger partial charge on any atom is 0.241 e. The number of anilines is 1. The minimum atomic E-state index is 0.553. The highest BCUT2D eigenvalue weighted by Crippen LogP contribution is 2.27. The SMILES string of the molecule is COc1ccccc1-c1noc(CN(C)Cc2ccc(N3CCCCC3)cc2)n1. The van der Waals surface area contributed by atoms with Crippen LogP contribution in [0.15, 0.2) is 53.1 Å². The van der Waals surface area contributed by atoms with E-state index in [2.05, 4.69) is 51.3 Å². The molecule has 152 valence electrons. The van der Waals surface area contributed by atoms with Crippen molar-refractivity contribution in [1.82, 2.24) is 15.0 Å². The molecule has 6 nitrogen and oxygen atoms in total. The van der Waals surface area contributed by atoms with Crippen molar-refractivity contribution in [1.29, 1.82) is 0 Å². The van der Waals surface area contributed by atoms with E-state index in [4.69, 9.17) is 9.26 Å². The van der Waals surface area contributed by atoms with Crippen LogP contribution in [0.4, 0.5) is 5.69 Å². The van der Waals surface area contributed by atoms with E-state index in [0.29, 0.717) is 18.3 Å². The summed E-state index contributed by atoms with van der Waals surface area (Å²) >= 11 is 0. The number of methoxy groups -OCH3 is 1. The van der Waals surface area contributed by atoms with E-state index < -0.39 is 0 Å². The van der Waals surface area contributed by atoms with Gasteiger partial charge in [-0.1, -0.05) is 29.4 Å². The number of para-hydroxylation sites is 1. The Balaban J connectivity index is 1.36. The van der Waals surface area contributed by atoms with Crippen molar-refractivity contribution in [3.63, 3.8) is 0 Å². The molecule has 0 spiro atoms. The van der Waals surface area contributed by atoms with Crippen molar-refractivity contribution >= 4 is 5.69 Å². The van der Waals surface area contributed by atoms with E-state index in [1.54, 1.807) is 7.11 Å². The normalized spacial score (nSPS) is 14.4. The Hall–Kier alpha value is -2.86. The van der Waals surface area contributed by atoms with Crippen molar-refractivity contribution in [2.24, 2.45) is 0 Å². The molecule has 1 aliphatic heterocycles. The molecule has 1 aromatic heterocycles. The molecule has 0 N–H and O–H groups in total. The average molecular weight is 393 g/mol. The van der Waals surface area contributed by atoms with Crippen LogP contribution in [-0.4, -0.2) is 42.3 Å². The van der Waals surface area contributed by atoms with Crippen molar-refractivity contribution in [2.75, 3.05) is 32.1 Å². The zero-order valence-corrected chi connectivity index (χ0v) is 17.2. The number of aromatic nitrogens is 2. The molecule has 0 amide bonds. The maximum atomic E-state index is 5.46. The van der Waals surface area contributed by atoms with Crippen LogP contribution in [0.25, 0.3) is 11.4 Å². The van der Waals surface area contributed by atoms with Gasteiger partial charge < -0.3 is 14.2 Å². The van der Waals surface area contributed by atoms with Crippen molar-refractivity contribution < 1.29 is 9.26 Å². The van der Waals surface area contributed by atoms with Crippen LogP contribution >= 0.6 is 0 Å². The second-order valence-electron chi connectivity index (χ2n) is 7.60. The molecule has 1 saturated heterocycles. The van der Waals surface area contributed by atoms with Gasteiger partial charge in [-0.15, -0.1) is 0 Å². The summed E-state index contributed by atoms with van der Waals surface area (Å²) < 4.78 is 10.8. The van der Waals surface area contributed by atoms with Gasteiger partial charge in [0, 0.05) is 25.3 Å². The number of nitrogens with zero attached hydrogens (tertiary/aromatic N) is 4. The number of rotatable bonds is 7. The minimum Gasteiger partial charge on any atom is -0.496 e. The predicted octanol–water partition coefficient (Wildman–Crippen LogP) is 4.37. The Morgan fingerprint density at radius 3 is 2.52 bits per heavy atom. The lowest BCUT2D eigenvalue weighted by molar-refractivity contribution is 0.261. The second kappa shape index (κ2) is 9.09. The molecule has 0 aliphatic carbocycles. The van der Waals surface area contributed by atoms with Crippen LogP contribution in [0.1, 0.15) is 30.7 Å². The first-order valence-corrected chi connectivity index (χ1v) is 10.2. The first-order valence-electron chi connectivity index (χ1n) is 10.2. The lowest BCUT2D eigenvalue weighted by Crippen LogP contribution is -2.29. The molecular weight excluding hydrogens is 364 g/mol. The van der Waals surface area contributed by atoms with Gasteiger partial charge in [0.15, 0.2) is 0 Å². The predicted molar refractivity (Wildman–Crippen MR) is 114 cm³/mol. The number of piperidine rings is 1. The third-order valence-corrected chi connectivity index (χ3v) is 5.33. The molecule has 0 saturated carbocycles. The van der Waals surface area contributed by atoms with Crippen molar-refractivity contribution in [2.45, 2.75) is 32.4 Å². The molecule has 29 heavy (non-hydrogen) atoms. The van der Waals surface area contributed by atoms with E-state index in [1.807, 2.05) is 24.3 Å². The quantitative estimate of drug-likeness (QED) is 0.595. The fourth-order valence-electron chi connectivity index (χ4n) is 3.82. The number of benzene rings is 2. The van der Waals surface area contributed by atoms with E-state index in [0.717, 1.165) is 17.9 Å². The van der Waals surface area contributed by atoms with Gasteiger partial charge in [0.25, 0.3) is 0 Å². The van der Waals surface area contributed by atoms with Gasteiger partial charge in [-0.25, -0.2) is 0 Å². The highest BCUT2D eigenvalue weighted by Gasteiger charge is 2.15. The van der Waals surface area contributed by atoms with Gasteiger partial charge in [-0.2, -0.15) is 4.98 Å². The largest absolute Gasteiger partial charge is 0.496 e. The van der Waals surface area contributed by atoms with E-state index in [1.165, 1.54) is 43.6 Å². The Labute approximate surface area is 172 Å². The Bertz CT molecular complexity index is 917. The summed E-state index contributed by atoms with van der Waals surface area (Å²) in [4.78, 5) is 9.20. The monoisotopic (exact) mass is 392 g/mol. The molecule has 6 heteroatoms. The molecule has 1 fully saturated rings. The summed E-state index contributed by atoms with van der Waals surface area (Å²) in [7, 11) is 3.70. The molecule has 0 unspecified atom stereocenters. The molecule has 1 aliphatic rings. The number of hydrogen-bond acceptors (Lipinski definition) is 6. The Kier molecular flexibility index (Phi) is 6.10. The third-order valence-electron chi connectivity index (χ3n) is 5.33. The van der Waals surface area contributed by atoms with Crippen LogP contribution in [0.3, 0.4) is 0 Å². The number of hydrogen-bond donors (Lipinski definition) is 0. The van der Waals surface area contributed by atoms with Crippen molar-refractivity contribution in [3.8, 4) is 17.1 Å². The van der Waals surface area contributed by atoms with Gasteiger partial charge in [-0.3, -0.25) is 4.90 Å². The molecule has 3 aromatic rings. The lowest BCUT2D eigenvalue weighted by atomic mass is 10.1. The third kappa shape index (κ3) is 4.77. The molecule has 2 aromatic carbocycles. The summed E-state index contributed by atoms with van der Waals surface area (Å²) in [5, 5.41) is 4.12. The summed E-state index contributed by atoms with van der Waals surface area (Å²) in [5.74, 6) is 1.89. The summed E-state index contributed by atoms with van der Waals surface area (Å²) in [6, 6.07) is 16.6. The fourth-order valence-corrected chi connectivity index (χ4v) is 3.82. The standard InChI is InChI=1S/C23H28N4O2/c1-26(16-18-10-12-19(13-11-18)27-14-6-3-7-15-27)17-22-24-23(25-29-22)20-8-4-5-9-21(20)28-2/h4-5,8-13H,3,6-7,14-17H2,1-2H3. The fraction of sp³-hybridized carbons (Fsp3) is 0.391. The van der Waals surface area contributed by atoms with Gasteiger partial charge in [0.05, 0.1) is 19.2 Å². The Morgan fingerprint density at radius 2 is 1.76 bits per heavy atom. The Morgan fingerprint density at radius 1 is 1.00 bits per heavy atom. The smallest absolute Gasteiger partial charge is 0.241 e. The second-order valence-corrected chi connectivity index (χ2v) is 7.60. The van der Waals surface area contributed by atoms with Gasteiger partial charge >= 0.3 is 0 Å². The van der Waals surface area contributed by atoms with Crippen LogP contribution < -0.4 is 9.64 Å². The molecule has 0 bridgehead atoms. The molecule has 4 rings (SSSR count). The van der Waals surface area contributed by atoms with Crippen LogP contribution in [0.5, 0.6) is 5.75 Å². The van der Waals surface area contributed by atoms with E-state index in [-0.39, 0.29) is 0 Å². The summed E-state index contributed by atoms with van der Waals surface area (Å²) in [6.45, 7) is 3.76. The van der Waals surface area contributed by atoms with Gasteiger partial charge in [0.2, 0.25) is 11.7 Å². The minimum absolute atomic E-state index is 0.553. The van der Waals surface area contributed by atoms with Crippen LogP contribution in [0.2, 0.25) is 0 Å².